The van der Waals surface area contributed by atoms with E-state index in [1.165, 1.54) is 0 Å². The third-order valence-electron chi connectivity index (χ3n) is 5.54. The first-order chi connectivity index (χ1) is 14.6. The monoisotopic (exact) mass is 402 g/mol. The van der Waals surface area contributed by atoms with E-state index in [2.05, 4.69) is 15.6 Å². The number of likely N-dealkylation sites (tertiary alicyclic amines) is 1. The van der Waals surface area contributed by atoms with Crippen LogP contribution in [0.1, 0.15) is 28.9 Å². The van der Waals surface area contributed by atoms with Crippen molar-refractivity contribution < 1.29 is 9.59 Å². The van der Waals surface area contributed by atoms with E-state index >= 15 is 0 Å². The highest BCUT2D eigenvalue weighted by molar-refractivity contribution is 6.05. The lowest BCUT2D eigenvalue weighted by molar-refractivity contribution is 0.0671. The Kier molecular flexibility index (Phi) is 5.93. The fraction of sp³-hybridized carbons (Fsp3) is 0.292. The van der Waals surface area contributed by atoms with E-state index in [4.69, 9.17) is 0 Å². The van der Waals surface area contributed by atoms with Crippen LogP contribution in [0, 0.1) is 12.8 Å². The number of urea groups is 1. The number of carbonyl (C=O) groups is 2. The lowest BCUT2D eigenvalue weighted by Crippen LogP contribution is -2.44. The summed E-state index contributed by atoms with van der Waals surface area (Å²) in [6, 6.07) is 17.2. The smallest absolute Gasteiger partial charge is 0.319 e. The number of amides is 3. The van der Waals surface area contributed by atoms with Crippen molar-refractivity contribution in [2.24, 2.45) is 5.92 Å². The van der Waals surface area contributed by atoms with Crippen molar-refractivity contribution in [1.82, 2.24) is 15.2 Å². The van der Waals surface area contributed by atoms with Crippen LogP contribution in [0.2, 0.25) is 0 Å². The highest BCUT2D eigenvalue weighted by Crippen LogP contribution is 2.22. The van der Waals surface area contributed by atoms with Gasteiger partial charge in [0.25, 0.3) is 5.91 Å². The Morgan fingerprint density at radius 2 is 1.90 bits per heavy atom. The molecule has 0 radical (unpaired) electrons. The molecular weight excluding hydrogens is 376 g/mol. The summed E-state index contributed by atoms with van der Waals surface area (Å²) < 4.78 is 0. The van der Waals surface area contributed by atoms with Gasteiger partial charge in [0, 0.05) is 36.9 Å². The molecule has 154 valence electrons. The Morgan fingerprint density at radius 1 is 1.10 bits per heavy atom. The van der Waals surface area contributed by atoms with Crippen molar-refractivity contribution in [2.75, 3.05) is 25.0 Å². The molecule has 2 aromatic carbocycles. The fourth-order valence-corrected chi connectivity index (χ4v) is 3.91. The average Bonchev–Trinajstić information content (AvgIpc) is 2.78. The maximum atomic E-state index is 13.1. The van der Waals surface area contributed by atoms with Gasteiger partial charge in [-0.2, -0.15) is 0 Å². The van der Waals surface area contributed by atoms with Gasteiger partial charge in [0.15, 0.2) is 0 Å². The zero-order chi connectivity index (χ0) is 20.9. The number of nitrogens with one attached hydrogen (secondary N) is 2. The minimum Gasteiger partial charge on any atom is -0.338 e. The summed E-state index contributed by atoms with van der Waals surface area (Å²) in [5, 5.41) is 7.68. The average molecular weight is 402 g/mol. The van der Waals surface area contributed by atoms with Gasteiger partial charge in [0.05, 0.1) is 0 Å². The van der Waals surface area contributed by atoms with Crippen molar-refractivity contribution in [3.8, 4) is 0 Å². The molecule has 0 saturated carbocycles. The molecule has 2 heterocycles. The lowest BCUT2D eigenvalue weighted by atomic mass is 9.97. The van der Waals surface area contributed by atoms with Crippen molar-refractivity contribution in [2.45, 2.75) is 19.8 Å². The van der Waals surface area contributed by atoms with Gasteiger partial charge in [-0.3, -0.25) is 9.78 Å². The number of rotatable bonds is 4. The topological polar surface area (TPSA) is 74.3 Å². The molecule has 0 spiro atoms. The highest BCUT2D eigenvalue weighted by Gasteiger charge is 2.26. The van der Waals surface area contributed by atoms with E-state index in [0.29, 0.717) is 18.8 Å². The Bertz CT molecular complexity index is 1040. The molecule has 1 atom stereocenters. The normalized spacial score (nSPS) is 16.3. The van der Waals surface area contributed by atoms with E-state index in [1.54, 1.807) is 6.20 Å². The second-order valence-corrected chi connectivity index (χ2v) is 7.84. The summed E-state index contributed by atoms with van der Waals surface area (Å²) in [4.78, 5) is 31.6. The minimum atomic E-state index is -0.224. The molecule has 3 amide bonds. The highest BCUT2D eigenvalue weighted by atomic mass is 16.2. The minimum absolute atomic E-state index is 0.0411. The van der Waals surface area contributed by atoms with Crippen molar-refractivity contribution in [1.29, 1.82) is 0 Å². The number of aryl methyl sites for hydroxylation is 1. The molecule has 1 saturated heterocycles. The van der Waals surface area contributed by atoms with Gasteiger partial charge in [-0.15, -0.1) is 0 Å². The third kappa shape index (κ3) is 4.59. The number of aromatic nitrogens is 1. The molecule has 1 aromatic heterocycles. The first-order valence-corrected chi connectivity index (χ1v) is 10.3. The van der Waals surface area contributed by atoms with Crippen LogP contribution in [0.3, 0.4) is 0 Å². The van der Waals surface area contributed by atoms with Crippen LogP contribution in [0.15, 0.2) is 60.8 Å². The summed E-state index contributed by atoms with van der Waals surface area (Å²) in [5.74, 6) is 0.182. The molecule has 0 aliphatic carbocycles. The fourth-order valence-electron chi connectivity index (χ4n) is 3.91. The lowest BCUT2D eigenvalue weighted by Gasteiger charge is -2.32. The van der Waals surface area contributed by atoms with Crippen LogP contribution < -0.4 is 10.6 Å². The molecule has 2 N–H and O–H groups in total. The predicted molar refractivity (Wildman–Crippen MR) is 119 cm³/mol. The summed E-state index contributed by atoms with van der Waals surface area (Å²) >= 11 is 0. The Hall–Kier alpha value is -3.41. The molecule has 6 nitrogen and oxygen atoms in total. The van der Waals surface area contributed by atoms with Crippen LogP contribution in [0.4, 0.5) is 10.5 Å². The summed E-state index contributed by atoms with van der Waals surface area (Å²) in [5.41, 5.74) is 2.41. The largest absolute Gasteiger partial charge is 0.338 e. The SMILES string of the molecule is Cc1ccc(NC(=O)NCC2CCCN(C(=O)c3nccc4ccccc34)C2)cc1. The first kappa shape index (κ1) is 19.9. The quantitative estimate of drug-likeness (QED) is 0.686. The van der Waals surface area contributed by atoms with Gasteiger partial charge in [0.1, 0.15) is 5.69 Å². The maximum absolute atomic E-state index is 13.1. The summed E-state index contributed by atoms with van der Waals surface area (Å²) in [6.45, 7) is 3.88. The standard InChI is InChI=1S/C24H26N4O2/c1-17-8-10-20(11-9-17)27-24(30)26-15-18-5-4-14-28(16-18)23(29)22-21-7-3-2-6-19(21)12-13-25-22/h2-3,6-13,18H,4-5,14-16H2,1H3,(H2,26,27,30). The van der Waals surface area contributed by atoms with E-state index in [-0.39, 0.29) is 17.9 Å². The number of anilines is 1. The van der Waals surface area contributed by atoms with E-state index < -0.39 is 0 Å². The Labute approximate surface area is 176 Å². The van der Waals surface area contributed by atoms with Gasteiger partial charge < -0.3 is 15.5 Å². The second kappa shape index (κ2) is 8.95. The van der Waals surface area contributed by atoms with Crippen molar-refractivity contribution in [3.05, 3.63) is 72.1 Å². The predicted octanol–water partition coefficient (Wildman–Crippen LogP) is 4.22. The van der Waals surface area contributed by atoms with Gasteiger partial charge in [0.2, 0.25) is 0 Å². The van der Waals surface area contributed by atoms with Crippen molar-refractivity contribution >= 4 is 28.4 Å². The number of benzene rings is 2. The van der Waals surface area contributed by atoms with E-state index in [9.17, 15) is 9.59 Å². The number of hydrogen-bond donors (Lipinski definition) is 2. The van der Waals surface area contributed by atoms with Crippen LogP contribution in [0.5, 0.6) is 0 Å². The van der Waals surface area contributed by atoms with Gasteiger partial charge >= 0.3 is 6.03 Å². The number of piperidine rings is 1. The van der Waals surface area contributed by atoms with Gasteiger partial charge in [-0.1, -0.05) is 42.0 Å². The van der Waals surface area contributed by atoms with E-state index in [1.807, 2.05) is 66.4 Å². The maximum Gasteiger partial charge on any atom is 0.319 e. The molecule has 0 bridgehead atoms. The number of nitrogens with zero attached hydrogens (tertiary/aromatic N) is 2. The zero-order valence-corrected chi connectivity index (χ0v) is 17.1. The summed E-state index contributed by atoms with van der Waals surface area (Å²) in [6.07, 6.45) is 3.59. The first-order valence-electron chi connectivity index (χ1n) is 10.3. The molecule has 1 unspecified atom stereocenters. The van der Waals surface area contributed by atoms with E-state index in [0.717, 1.165) is 41.4 Å². The molecule has 30 heavy (non-hydrogen) atoms. The molecule has 1 aliphatic rings. The number of fused-ring (bicyclic) bond motifs is 1. The van der Waals surface area contributed by atoms with Crippen LogP contribution in [-0.2, 0) is 0 Å². The molecule has 1 aliphatic heterocycles. The Balaban J connectivity index is 1.35. The number of hydrogen-bond acceptors (Lipinski definition) is 3. The summed E-state index contributed by atoms with van der Waals surface area (Å²) in [7, 11) is 0. The van der Waals surface area contributed by atoms with Crippen LogP contribution >= 0.6 is 0 Å². The molecule has 3 aromatic rings. The number of pyridine rings is 1. The van der Waals surface area contributed by atoms with Gasteiger partial charge in [-0.05, 0) is 49.3 Å². The van der Waals surface area contributed by atoms with Gasteiger partial charge in [-0.25, -0.2) is 4.79 Å². The molecule has 1 fully saturated rings. The third-order valence-corrected chi connectivity index (χ3v) is 5.54. The van der Waals surface area contributed by atoms with Crippen LogP contribution in [0.25, 0.3) is 10.8 Å². The molecule has 6 heteroatoms. The molecule has 4 rings (SSSR count). The second-order valence-electron chi connectivity index (χ2n) is 7.84. The zero-order valence-electron chi connectivity index (χ0n) is 17.1. The van der Waals surface area contributed by atoms with Crippen LogP contribution in [-0.4, -0.2) is 41.5 Å². The number of carbonyl (C=O) groups excluding carboxylic acids is 2. The van der Waals surface area contributed by atoms with Crippen molar-refractivity contribution in [3.63, 3.8) is 0 Å². The Morgan fingerprint density at radius 3 is 2.73 bits per heavy atom. The molecular formula is C24H26N4O2.